The first-order valence-corrected chi connectivity index (χ1v) is 15.5. The van der Waals surface area contributed by atoms with Crippen LogP contribution in [0.3, 0.4) is 0 Å². The van der Waals surface area contributed by atoms with Crippen LogP contribution in [0.2, 0.25) is 0 Å². The molecule has 0 aliphatic rings. The molecule has 3 heterocycles. The summed E-state index contributed by atoms with van der Waals surface area (Å²) in [4.78, 5) is 9.99. The van der Waals surface area contributed by atoms with Crippen LogP contribution in [0.4, 0.5) is 0 Å². The molecule has 0 N–H and O–H groups in total. The zero-order chi connectivity index (χ0) is 30.5. The molecule has 9 rings (SSSR count). The van der Waals surface area contributed by atoms with Crippen LogP contribution in [-0.2, 0) is 0 Å². The second-order valence-electron chi connectivity index (χ2n) is 11.5. The average molecular weight is 589 g/mol. The molecule has 0 aliphatic heterocycles. The summed E-state index contributed by atoms with van der Waals surface area (Å²) in [6.45, 7) is 0. The molecule has 3 aromatic heterocycles. The van der Waals surface area contributed by atoms with Crippen molar-refractivity contribution in [2.75, 3.05) is 0 Å². The van der Waals surface area contributed by atoms with E-state index in [0.29, 0.717) is 5.82 Å². The summed E-state index contributed by atoms with van der Waals surface area (Å²) in [6.07, 6.45) is 4.11. The van der Waals surface area contributed by atoms with Crippen LogP contribution in [-0.4, -0.2) is 19.1 Å². The molecule has 0 atom stereocenters. The highest BCUT2D eigenvalue weighted by atomic mass is 15.0. The summed E-state index contributed by atoms with van der Waals surface area (Å²) in [5, 5.41) is 3.64. The average Bonchev–Trinajstić information content (AvgIpc) is 3.72. The normalized spacial score (nSPS) is 11.5. The zero-order valence-corrected chi connectivity index (χ0v) is 25.0. The van der Waals surface area contributed by atoms with Gasteiger partial charge in [-0.3, -0.25) is 0 Å². The lowest BCUT2D eigenvalue weighted by atomic mass is 10.1. The maximum Gasteiger partial charge on any atom is 0.159 e. The Hall–Kier alpha value is -6.26. The summed E-state index contributed by atoms with van der Waals surface area (Å²) >= 11 is 0. The molecule has 0 saturated carbocycles. The van der Waals surface area contributed by atoms with Crippen molar-refractivity contribution in [1.82, 2.24) is 19.1 Å². The van der Waals surface area contributed by atoms with Crippen LogP contribution in [0.5, 0.6) is 0 Å². The Morgan fingerprint density at radius 3 is 1.80 bits per heavy atom. The molecule has 216 valence electrons. The van der Waals surface area contributed by atoms with E-state index in [1.807, 2.05) is 30.5 Å². The number of para-hydroxylation sites is 1. The Bertz CT molecular complexity index is 2490. The smallest absolute Gasteiger partial charge is 0.159 e. The number of fused-ring (bicyclic) bond motifs is 5. The summed E-state index contributed by atoms with van der Waals surface area (Å²) in [5.41, 5.74) is 10.9. The van der Waals surface area contributed by atoms with Gasteiger partial charge >= 0.3 is 0 Å². The van der Waals surface area contributed by atoms with Crippen molar-refractivity contribution in [3.05, 3.63) is 170 Å². The Morgan fingerprint density at radius 1 is 0.435 bits per heavy atom. The number of nitrogens with zero attached hydrogens (tertiary/aromatic N) is 4. The molecule has 0 amide bonds. The minimum absolute atomic E-state index is 0.709. The molecule has 6 aromatic carbocycles. The van der Waals surface area contributed by atoms with Crippen LogP contribution in [0.25, 0.3) is 77.9 Å². The molecule has 0 radical (unpaired) electrons. The van der Waals surface area contributed by atoms with E-state index in [4.69, 9.17) is 9.97 Å². The van der Waals surface area contributed by atoms with E-state index >= 15 is 0 Å². The predicted molar refractivity (Wildman–Crippen MR) is 190 cm³/mol. The van der Waals surface area contributed by atoms with Crippen molar-refractivity contribution in [2.24, 2.45) is 0 Å². The van der Waals surface area contributed by atoms with Gasteiger partial charge in [0.1, 0.15) is 0 Å². The summed E-state index contributed by atoms with van der Waals surface area (Å²) in [7, 11) is 0. The van der Waals surface area contributed by atoms with Gasteiger partial charge in [-0.1, -0.05) is 127 Å². The van der Waals surface area contributed by atoms with Crippen LogP contribution in [0, 0.1) is 0 Å². The van der Waals surface area contributed by atoms with E-state index in [-0.39, 0.29) is 0 Å². The molecular formula is C42H28N4. The molecule has 46 heavy (non-hydrogen) atoms. The van der Waals surface area contributed by atoms with Crippen molar-refractivity contribution < 1.29 is 0 Å². The van der Waals surface area contributed by atoms with Gasteiger partial charge in [-0.2, -0.15) is 0 Å². The highest BCUT2D eigenvalue weighted by Gasteiger charge is 2.19. The number of benzene rings is 6. The Labute approximate surface area is 266 Å². The second kappa shape index (κ2) is 10.7. The minimum atomic E-state index is 0.709. The van der Waals surface area contributed by atoms with Gasteiger partial charge in [-0.05, 0) is 41.5 Å². The second-order valence-corrected chi connectivity index (χ2v) is 11.5. The van der Waals surface area contributed by atoms with Gasteiger partial charge in [0.15, 0.2) is 5.82 Å². The highest BCUT2D eigenvalue weighted by molar-refractivity contribution is 6.18. The molecule has 4 heteroatoms. The fourth-order valence-electron chi connectivity index (χ4n) is 6.67. The third-order valence-corrected chi connectivity index (χ3v) is 8.84. The molecular weight excluding hydrogens is 560 g/mol. The number of hydrogen-bond donors (Lipinski definition) is 0. The van der Waals surface area contributed by atoms with Gasteiger partial charge in [-0.25, -0.2) is 9.97 Å². The fourth-order valence-corrected chi connectivity index (χ4v) is 6.67. The van der Waals surface area contributed by atoms with Gasteiger partial charge in [0, 0.05) is 39.2 Å². The first-order valence-electron chi connectivity index (χ1n) is 15.5. The molecule has 0 aliphatic carbocycles. The molecule has 9 aromatic rings. The third kappa shape index (κ3) is 4.23. The van der Waals surface area contributed by atoms with Crippen molar-refractivity contribution in [2.45, 2.75) is 0 Å². The quantitative estimate of drug-likeness (QED) is 0.200. The molecule has 0 fully saturated rings. The van der Waals surface area contributed by atoms with E-state index in [9.17, 15) is 0 Å². The van der Waals surface area contributed by atoms with Crippen LogP contribution in [0.1, 0.15) is 0 Å². The Balaban J connectivity index is 1.26. The van der Waals surface area contributed by atoms with Crippen LogP contribution < -0.4 is 0 Å². The monoisotopic (exact) mass is 588 g/mol. The first kappa shape index (κ1) is 26.2. The number of aromatic nitrogens is 4. The largest absolute Gasteiger partial charge is 0.313 e. The summed E-state index contributed by atoms with van der Waals surface area (Å²) in [6, 6.07) is 55.4. The van der Waals surface area contributed by atoms with Crippen molar-refractivity contribution in [1.29, 1.82) is 0 Å². The fraction of sp³-hybridized carbons (Fsp3) is 0. The number of rotatable bonds is 5. The van der Waals surface area contributed by atoms with E-state index in [1.54, 1.807) is 0 Å². The molecule has 0 bridgehead atoms. The van der Waals surface area contributed by atoms with Crippen LogP contribution >= 0.6 is 0 Å². The maximum absolute atomic E-state index is 5.13. The van der Waals surface area contributed by atoms with Gasteiger partial charge < -0.3 is 9.13 Å². The Kier molecular flexibility index (Phi) is 6.10. The van der Waals surface area contributed by atoms with Gasteiger partial charge in [0.05, 0.1) is 34.1 Å². The molecule has 0 unspecified atom stereocenters. The maximum atomic E-state index is 5.13. The van der Waals surface area contributed by atoms with E-state index in [1.165, 1.54) is 38.3 Å². The topological polar surface area (TPSA) is 35.6 Å². The van der Waals surface area contributed by atoms with Crippen molar-refractivity contribution in [3.63, 3.8) is 0 Å². The van der Waals surface area contributed by atoms with Gasteiger partial charge in [-0.15, -0.1) is 0 Å². The minimum Gasteiger partial charge on any atom is -0.313 e. The lowest BCUT2D eigenvalue weighted by Gasteiger charge is -2.14. The number of hydrogen-bond acceptors (Lipinski definition) is 2. The summed E-state index contributed by atoms with van der Waals surface area (Å²) < 4.78 is 4.63. The lowest BCUT2D eigenvalue weighted by Crippen LogP contribution is -2.02. The third-order valence-electron chi connectivity index (χ3n) is 8.84. The van der Waals surface area contributed by atoms with E-state index in [2.05, 4.69) is 149 Å². The SMILES string of the molecule is c1ccc(-c2ccc(-n3c4ccccc4c4ccc5c(ccn5-c5cnc(-c6ccccc6)nc5-c5ccccc5)c43)cc2)cc1. The highest BCUT2D eigenvalue weighted by Crippen LogP contribution is 2.39. The molecule has 0 spiro atoms. The lowest BCUT2D eigenvalue weighted by molar-refractivity contribution is 1.06. The van der Waals surface area contributed by atoms with Crippen molar-refractivity contribution >= 4 is 32.7 Å². The molecule has 4 nitrogen and oxygen atoms in total. The van der Waals surface area contributed by atoms with Gasteiger partial charge in [0.25, 0.3) is 0 Å². The zero-order valence-electron chi connectivity index (χ0n) is 25.0. The van der Waals surface area contributed by atoms with E-state index < -0.39 is 0 Å². The summed E-state index contributed by atoms with van der Waals surface area (Å²) in [5.74, 6) is 0.709. The standard InChI is InChI=1S/C42H28N4/c1-4-12-29(13-5-1)30-20-22-33(23-21-30)46-38-19-11-10-18-34(38)35-24-25-37-36(41(35)46)26-27-45(37)39-28-43-42(32-16-8-3-9-17-32)44-40(39)31-14-6-2-7-15-31/h1-28H. The van der Waals surface area contributed by atoms with Crippen LogP contribution in [0.15, 0.2) is 170 Å². The van der Waals surface area contributed by atoms with E-state index in [0.717, 1.165) is 33.7 Å². The van der Waals surface area contributed by atoms with Gasteiger partial charge in [0.2, 0.25) is 0 Å². The Morgan fingerprint density at radius 2 is 1.07 bits per heavy atom. The first-order chi connectivity index (χ1) is 22.8. The van der Waals surface area contributed by atoms with Crippen molar-refractivity contribution in [3.8, 4) is 45.1 Å². The molecule has 0 saturated heterocycles. The predicted octanol–water partition coefficient (Wildman–Crippen LogP) is 10.5.